The molecule has 18 heavy (non-hydrogen) atoms. The van der Waals surface area contributed by atoms with E-state index < -0.39 is 5.91 Å². The molecule has 0 unspecified atom stereocenters. The molecule has 1 aromatic heterocycles. The third-order valence-corrected chi connectivity index (χ3v) is 2.58. The molecule has 0 aliphatic carbocycles. The van der Waals surface area contributed by atoms with Crippen molar-refractivity contribution in [2.75, 3.05) is 5.32 Å². The second kappa shape index (κ2) is 5.05. The third-order valence-electron chi connectivity index (χ3n) is 2.25. The molecule has 1 amide bonds. The Kier molecular flexibility index (Phi) is 3.47. The van der Waals surface area contributed by atoms with Crippen molar-refractivity contribution in [2.45, 2.75) is 13.5 Å². The second-order valence-corrected chi connectivity index (χ2v) is 4.05. The van der Waals surface area contributed by atoms with Gasteiger partial charge in [-0.15, -0.1) is 0 Å². The largest absolute Gasteiger partial charge is 0.378 e. The molecule has 2 aromatic rings. The van der Waals surface area contributed by atoms with Crippen LogP contribution in [0.3, 0.4) is 0 Å². The lowest BCUT2D eigenvalue weighted by atomic mass is 10.2. The van der Waals surface area contributed by atoms with Gasteiger partial charge in [-0.25, -0.2) is 0 Å². The Morgan fingerprint density at radius 1 is 1.56 bits per heavy atom. The number of aryl methyl sites for hydroxylation is 1. The summed E-state index contributed by atoms with van der Waals surface area (Å²) in [7, 11) is 0. The Bertz CT molecular complexity index is 582. The Hall–Kier alpha value is -2.08. The van der Waals surface area contributed by atoms with Crippen LogP contribution in [0.25, 0.3) is 0 Å². The number of hydrogen-bond donors (Lipinski definition) is 2. The average molecular weight is 267 g/mol. The molecule has 1 heterocycles. The summed E-state index contributed by atoms with van der Waals surface area (Å²) in [6.07, 6.45) is 0. The highest BCUT2D eigenvalue weighted by atomic mass is 35.5. The van der Waals surface area contributed by atoms with Gasteiger partial charge < -0.3 is 15.6 Å². The van der Waals surface area contributed by atoms with E-state index in [9.17, 15) is 4.79 Å². The summed E-state index contributed by atoms with van der Waals surface area (Å²) in [5.74, 6) is 0.461. The number of rotatable bonds is 4. The quantitative estimate of drug-likeness (QED) is 0.879. The smallest absolute Gasteiger partial charge is 0.250 e. The number of anilines is 1. The van der Waals surface area contributed by atoms with Crippen molar-refractivity contribution in [1.82, 2.24) is 10.1 Å². The second-order valence-electron chi connectivity index (χ2n) is 3.64. The van der Waals surface area contributed by atoms with E-state index in [0.717, 1.165) is 0 Å². The van der Waals surface area contributed by atoms with Gasteiger partial charge in [0.05, 0.1) is 17.1 Å². The molecule has 1 aromatic carbocycles. The van der Waals surface area contributed by atoms with Crippen LogP contribution in [-0.4, -0.2) is 16.0 Å². The Balaban J connectivity index is 2.10. The monoisotopic (exact) mass is 266 g/mol. The maximum absolute atomic E-state index is 11.1. The minimum atomic E-state index is -0.570. The highest BCUT2D eigenvalue weighted by Crippen LogP contribution is 2.20. The lowest BCUT2D eigenvalue weighted by molar-refractivity contribution is 0.100. The highest BCUT2D eigenvalue weighted by molar-refractivity contribution is 6.33. The third kappa shape index (κ3) is 2.78. The van der Waals surface area contributed by atoms with Crippen LogP contribution in [0.15, 0.2) is 22.7 Å². The van der Waals surface area contributed by atoms with Crippen LogP contribution in [0.4, 0.5) is 5.69 Å². The number of nitrogens with zero attached hydrogens (tertiary/aromatic N) is 2. The van der Waals surface area contributed by atoms with Crippen LogP contribution >= 0.6 is 11.6 Å². The Morgan fingerprint density at radius 2 is 2.33 bits per heavy atom. The first-order chi connectivity index (χ1) is 8.56. The fraction of sp³-hybridized carbons (Fsp3) is 0.182. The van der Waals surface area contributed by atoms with Crippen molar-refractivity contribution in [3.63, 3.8) is 0 Å². The van der Waals surface area contributed by atoms with E-state index in [1.807, 2.05) is 0 Å². The zero-order valence-electron chi connectivity index (χ0n) is 9.61. The van der Waals surface area contributed by atoms with Crippen LogP contribution in [0, 0.1) is 6.92 Å². The standard InChI is InChI=1S/C11H11ClN4O2/c1-6-15-10(16-18-6)5-14-7-2-3-9(12)8(4-7)11(13)17/h2-4,14H,5H2,1H3,(H2,13,17). The lowest BCUT2D eigenvalue weighted by Crippen LogP contribution is -2.12. The first-order valence-corrected chi connectivity index (χ1v) is 5.56. The summed E-state index contributed by atoms with van der Waals surface area (Å²) in [4.78, 5) is 15.2. The van der Waals surface area contributed by atoms with Gasteiger partial charge in [0.2, 0.25) is 11.8 Å². The van der Waals surface area contributed by atoms with Crippen LogP contribution in [0.2, 0.25) is 5.02 Å². The van der Waals surface area contributed by atoms with Gasteiger partial charge in [0, 0.05) is 12.6 Å². The van der Waals surface area contributed by atoms with E-state index in [1.165, 1.54) is 0 Å². The van der Waals surface area contributed by atoms with Crippen molar-refractivity contribution in [2.24, 2.45) is 5.73 Å². The minimum absolute atomic E-state index is 0.269. The van der Waals surface area contributed by atoms with Gasteiger partial charge in [0.1, 0.15) is 0 Å². The molecule has 0 aliphatic rings. The molecular formula is C11H11ClN4O2. The molecular weight excluding hydrogens is 256 g/mol. The van der Waals surface area contributed by atoms with E-state index in [4.69, 9.17) is 21.9 Å². The molecule has 7 heteroatoms. The summed E-state index contributed by atoms with van der Waals surface area (Å²) in [5, 5.41) is 7.11. The number of amides is 1. The maximum Gasteiger partial charge on any atom is 0.250 e. The van der Waals surface area contributed by atoms with Gasteiger partial charge in [-0.2, -0.15) is 4.98 Å². The van der Waals surface area contributed by atoms with E-state index in [0.29, 0.717) is 29.0 Å². The van der Waals surface area contributed by atoms with E-state index in [1.54, 1.807) is 25.1 Å². The average Bonchev–Trinajstić information content (AvgIpc) is 2.74. The van der Waals surface area contributed by atoms with E-state index in [-0.39, 0.29) is 5.56 Å². The Labute approximate surface area is 108 Å². The molecule has 0 bridgehead atoms. The molecule has 0 atom stereocenters. The molecule has 3 N–H and O–H groups in total. The molecule has 0 radical (unpaired) electrons. The molecule has 0 saturated heterocycles. The number of carbonyl (C=O) groups excluding carboxylic acids is 1. The molecule has 0 aliphatic heterocycles. The summed E-state index contributed by atoms with van der Waals surface area (Å²) in [5.41, 5.74) is 6.18. The molecule has 0 saturated carbocycles. The molecule has 6 nitrogen and oxygen atoms in total. The number of primary amides is 1. The molecule has 0 spiro atoms. The summed E-state index contributed by atoms with van der Waals surface area (Å²) < 4.78 is 4.84. The van der Waals surface area contributed by atoms with Gasteiger partial charge in [0.25, 0.3) is 0 Å². The van der Waals surface area contributed by atoms with Crippen molar-refractivity contribution in [3.8, 4) is 0 Å². The van der Waals surface area contributed by atoms with Crippen molar-refractivity contribution in [1.29, 1.82) is 0 Å². The van der Waals surface area contributed by atoms with Gasteiger partial charge in [-0.3, -0.25) is 4.79 Å². The zero-order valence-corrected chi connectivity index (χ0v) is 10.4. The number of halogens is 1. The van der Waals surface area contributed by atoms with Gasteiger partial charge in [-0.1, -0.05) is 16.8 Å². The number of aromatic nitrogens is 2. The molecule has 94 valence electrons. The van der Waals surface area contributed by atoms with Gasteiger partial charge in [-0.05, 0) is 18.2 Å². The van der Waals surface area contributed by atoms with E-state index >= 15 is 0 Å². The maximum atomic E-state index is 11.1. The Morgan fingerprint density at radius 3 is 2.94 bits per heavy atom. The summed E-state index contributed by atoms with van der Waals surface area (Å²) in [6.45, 7) is 2.10. The van der Waals surface area contributed by atoms with Crippen LogP contribution < -0.4 is 11.1 Å². The van der Waals surface area contributed by atoms with Crippen LogP contribution in [0.1, 0.15) is 22.1 Å². The lowest BCUT2D eigenvalue weighted by Gasteiger charge is -2.06. The number of hydrogen-bond acceptors (Lipinski definition) is 5. The van der Waals surface area contributed by atoms with Crippen LogP contribution in [-0.2, 0) is 6.54 Å². The van der Waals surface area contributed by atoms with Crippen molar-refractivity contribution in [3.05, 3.63) is 40.5 Å². The first kappa shape index (κ1) is 12.4. The molecule has 0 fully saturated rings. The first-order valence-electron chi connectivity index (χ1n) is 5.18. The summed E-state index contributed by atoms with van der Waals surface area (Å²) >= 11 is 5.84. The zero-order chi connectivity index (χ0) is 13.1. The van der Waals surface area contributed by atoms with Crippen molar-refractivity contribution >= 4 is 23.2 Å². The van der Waals surface area contributed by atoms with Crippen LogP contribution in [0.5, 0.6) is 0 Å². The summed E-state index contributed by atoms with van der Waals surface area (Å²) in [6, 6.07) is 4.92. The SMILES string of the molecule is Cc1nc(CNc2ccc(Cl)c(C(N)=O)c2)no1. The highest BCUT2D eigenvalue weighted by Gasteiger charge is 2.08. The predicted octanol–water partition coefficient (Wildman–Crippen LogP) is 1.74. The van der Waals surface area contributed by atoms with Gasteiger partial charge >= 0.3 is 0 Å². The number of carbonyl (C=O) groups is 1. The number of nitrogens with two attached hydrogens (primary N) is 1. The fourth-order valence-electron chi connectivity index (χ4n) is 1.42. The fourth-order valence-corrected chi connectivity index (χ4v) is 1.63. The normalized spacial score (nSPS) is 10.3. The predicted molar refractivity (Wildman–Crippen MR) is 66.3 cm³/mol. The number of nitrogens with one attached hydrogen (secondary N) is 1. The topological polar surface area (TPSA) is 94.0 Å². The van der Waals surface area contributed by atoms with Crippen molar-refractivity contribution < 1.29 is 9.32 Å². The van der Waals surface area contributed by atoms with Gasteiger partial charge in [0.15, 0.2) is 5.82 Å². The molecule has 2 rings (SSSR count). The minimum Gasteiger partial charge on any atom is -0.378 e. The van der Waals surface area contributed by atoms with E-state index in [2.05, 4.69) is 15.5 Å². The number of benzene rings is 1.